The van der Waals surface area contributed by atoms with E-state index in [-0.39, 0.29) is 18.8 Å². The minimum atomic E-state index is -0.415. The molecular weight excluding hydrogens is 262 g/mol. The summed E-state index contributed by atoms with van der Waals surface area (Å²) in [6.45, 7) is 3.38. The van der Waals surface area contributed by atoms with Crippen molar-refractivity contribution in [1.29, 1.82) is 0 Å². The number of carbonyl (C=O) groups excluding carboxylic acids is 2. The van der Waals surface area contributed by atoms with Crippen LogP contribution in [-0.2, 0) is 14.4 Å². The summed E-state index contributed by atoms with van der Waals surface area (Å²) < 4.78 is 10.2. The van der Waals surface area contributed by atoms with Crippen molar-refractivity contribution in [3.8, 4) is 11.5 Å². The van der Waals surface area contributed by atoms with Gasteiger partial charge in [0.05, 0.1) is 13.3 Å². The maximum Gasteiger partial charge on any atom is 0.334 e. The number of nitrogens with zero attached hydrogens (tertiary/aromatic N) is 1. The third-order valence-electron chi connectivity index (χ3n) is 2.35. The highest BCUT2D eigenvalue weighted by Crippen LogP contribution is 2.27. The Bertz CT molecular complexity index is 510. The predicted molar refractivity (Wildman–Crippen MR) is 72.9 cm³/mol. The van der Waals surface area contributed by atoms with E-state index < -0.39 is 5.97 Å². The summed E-state index contributed by atoms with van der Waals surface area (Å²) in [5, 5.41) is 3.56. The zero-order valence-corrected chi connectivity index (χ0v) is 11.7. The number of esters is 1. The molecule has 0 aliphatic heterocycles. The first kappa shape index (κ1) is 15.7. The fraction of sp³-hybridized carbons (Fsp3) is 0.357. The van der Waals surface area contributed by atoms with Crippen LogP contribution in [0.1, 0.15) is 32.3 Å². The highest BCUT2D eigenvalue weighted by molar-refractivity contribution is 5.82. The molecule has 0 saturated carbocycles. The molecule has 0 fully saturated rings. The molecule has 0 saturated heterocycles. The predicted octanol–water partition coefficient (Wildman–Crippen LogP) is 2.30. The van der Waals surface area contributed by atoms with Crippen molar-refractivity contribution < 1.29 is 23.9 Å². The zero-order chi connectivity index (χ0) is 15.0. The average molecular weight is 279 g/mol. The molecule has 1 aromatic carbocycles. The van der Waals surface area contributed by atoms with Crippen LogP contribution in [0.4, 0.5) is 0 Å². The van der Waals surface area contributed by atoms with Crippen LogP contribution in [0.5, 0.6) is 11.5 Å². The Hall–Kier alpha value is -2.37. The lowest BCUT2D eigenvalue weighted by Gasteiger charge is -2.08. The van der Waals surface area contributed by atoms with Crippen molar-refractivity contribution in [1.82, 2.24) is 0 Å². The van der Waals surface area contributed by atoms with Gasteiger partial charge in [0.25, 0.3) is 0 Å². The van der Waals surface area contributed by atoms with E-state index in [1.165, 1.54) is 13.3 Å². The van der Waals surface area contributed by atoms with Gasteiger partial charge in [-0.15, -0.1) is 0 Å². The van der Waals surface area contributed by atoms with E-state index in [0.717, 1.165) is 0 Å². The summed E-state index contributed by atoms with van der Waals surface area (Å²) in [6.07, 6.45) is 1.91. The van der Waals surface area contributed by atoms with Crippen LogP contribution in [0.3, 0.4) is 0 Å². The maximum absolute atomic E-state index is 11.3. The summed E-state index contributed by atoms with van der Waals surface area (Å²) in [5.41, 5.74) is 0.655. The van der Waals surface area contributed by atoms with E-state index in [1.807, 2.05) is 0 Å². The second-order valence-corrected chi connectivity index (χ2v) is 3.79. The first-order chi connectivity index (χ1) is 9.60. The van der Waals surface area contributed by atoms with Crippen LogP contribution >= 0.6 is 0 Å². The van der Waals surface area contributed by atoms with Crippen molar-refractivity contribution in [2.45, 2.75) is 26.7 Å². The number of benzene rings is 1. The molecule has 0 amide bonds. The lowest BCUT2D eigenvalue weighted by molar-refractivity contribution is -0.143. The second-order valence-electron chi connectivity index (χ2n) is 3.79. The van der Waals surface area contributed by atoms with Crippen molar-refractivity contribution in [3.05, 3.63) is 23.8 Å². The van der Waals surface area contributed by atoms with Crippen molar-refractivity contribution >= 4 is 18.2 Å². The normalized spacial score (nSPS) is 10.3. The molecule has 1 aromatic rings. The summed E-state index contributed by atoms with van der Waals surface area (Å²) in [5.74, 6) is -0.0251. The quantitative estimate of drug-likeness (QED) is 0.262. The minimum absolute atomic E-state index is 0.257. The van der Waals surface area contributed by atoms with Gasteiger partial charge in [0, 0.05) is 18.4 Å². The standard InChI is InChI=1S/C14H17NO5/c1-4-13(16)19-11-7-6-10(8-12(11)18-3)9-15-20-14(17)5-2/h6-9H,4-5H2,1-3H3. The molecule has 0 bridgehead atoms. The number of ether oxygens (including phenoxy) is 2. The highest BCUT2D eigenvalue weighted by Gasteiger charge is 2.09. The number of hydrogen-bond acceptors (Lipinski definition) is 6. The Morgan fingerprint density at radius 2 is 1.85 bits per heavy atom. The van der Waals surface area contributed by atoms with Gasteiger partial charge in [-0.05, 0) is 18.2 Å². The number of oxime groups is 1. The van der Waals surface area contributed by atoms with Gasteiger partial charge in [-0.3, -0.25) is 4.79 Å². The Morgan fingerprint density at radius 1 is 1.15 bits per heavy atom. The van der Waals surface area contributed by atoms with Crippen LogP contribution in [-0.4, -0.2) is 25.3 Å². The molecule has 6 nitrogen and oxygen atoms in total. The smallest absolute Gasteiger partial charge is 0.334 e. The molecule has 0 heterocycles. The van der Waals surface area contributed by atoms with E-state index in [2.05, 4.69) is 9.99 Å². The van der Waals surface area contributed by atoms with Gasteiger partial charge < -0.3 is 14.3 Å². The van der Waals surface area contributed by atoms with Gasteiger partial charge in [-0.25, -0.2) is 4.79 Å². The first-order valence-corrected chi connectivity index (χ1v) is 6.22. The van der Waals surface area contributed by atoms with Gasteiger partial charge in [-0.1, -0.05) is 19.0 Å². The number of hydrogen-bond donors (Lipinski definition) is 0. The van der Waals surface area contributed by atoms with Crippen LogP contribution < -0.4 is 9.47 Å². The molecule has 1 rings (SSSR count). The van der Waals surface area contributed by atoms with Gasteiger partial charge in [0.15, 0.2) is 11.5 Å². The number of rotatable bonds is 6. The van der Waals surface area contributed by atoms with Crippen LogP contribution in [0, 0.1) is 0 Å². The van der Waals surface area contributed by atoms with Crippen LogP contribution in [0.15, 0.2) is 23.4 Å². The first-order valence-electron chi connectivity index (χ1n) is 6.22. The summed E-state index contributed by atoms with van der Waals surface area (Å²) in [6, 6.07) is 4.89. The fourth-order valence-electron chi connectivity index (χ4n) is 1.25. The van der Waals surface area contributed by atoms with E-state index in [1.54, 1.807) is 32.0 Å². The van der Waals surface area contributed by atoms with Gasteiger partial charge >= 0.3 is 11.9 Å². The third-order valence-corrected chi connectivity index (χ3v) is 2.35. The molecule has 0 spiro atoms. The monoisotopic (exact) mass is 279 g/mol. The molecule has 6 heteroatoms. The van der Waals surface area contributed by atoms with E-state index in [0.29, 0.717) is 17.1 Å². The lowest BCUT2D eigenvalue weighted by atomic mass is 10.2. The third kappa shape index (κ3) is 4.72. The van der Waals surface area contributed by atoms with Crippen molar-refractivity contribution in [2.75, 3.05) is 7.11 Å². The topological polar surface area (TPSA) is 74.2 Å². The molecule has 0 atom stereocenters. The molecule has 0 unspecified atom stereocenters. The molecule has 0 radical (unpaired) electrons. The van der Waals surface area contributed by atoms with Crippen molar-refractivity contribution in [3.63, 3.8) is 0 Å². The van der Waals surface area contributed by atoms with E-state index in [4.69, 9.17) is 9.47 Å². The summed E-state index contributed by atoms with van der Waals surface area (Å²) in [7, 11) is 1.47. The molecule has 0 aliphatic carbocycles. The number of methoxy groups -OCH3 is 1. The lowest BCUT2D eigenvalue weighted by Crippen LogP contribution is -2.06. The maximum atomic E-state index is 11.3. The second kappa shape index (κ2) is 7.93. The molecular formula is C14H17NO5. The van der Waals surface area contributed by atoms with Gasteiger partial charge in [0.2, 0.25) is 0 Å². The summed E-state index contributed by atoms with van der Waals surface area (Å²) in [4.78, 5) is 26.8. The largest absolute Gasteiger partial charge is 0.493 e. The van der Waals surface area contributed by atoms with Crippen molar-refractivity contribution in [2.24, 2.45) is 5.16 Å². The SMILES string of the molecule is CCC(=O)ON=Cc1ccc(OC(=O)CC)c(OC)c1. The Balaban J connectivity index is 2.81. The van der Waals surface area contributed by atoms with E-state index >= 15 is 0 Å². The number of carbonyl (C=O) groups is 2. The van der Waals surface area contributed by atoms with Gasteiger partial charge in [0.1, 0.15) is 0 Å². The molecule has 108 valence electrons. The Labute approximate surface area is 117 Å². The van der Waals surface area contributed by atoms with Crippen LogP contribution in [0.25, 0.3) is 0 Å². The zero-order valence-electron chi connectivity index (χ0n) is 11.7. The van der Waals surface area contributed by atoms with Gasteiger partial charge in [-0.2, -0.15) is 0 Å². The molecule has 0 aromatic heterocycles. The minimum Gasteiger partial charge on any atom is -0.493 e. The Kier molecular flexibility index (Phi) is 6.22. The molecule has 20 heavy (non-hydrogen) atoms. The molecule has 0 aliphatic rings. The van der Waals surface area contributed by atoms with E-state index in [9.17, 15) is 9.59 Å². The van der Waals surface area contributed by atoms with Crippen LogP contribution in [0.2, 0.25) is 0 Å². The fourth-order valence-corrected chi connectivity index (χ4v) is 1.25. The highest BCUT2D eigenvalue weighted by atomic mass is 16.7. The molecule has 0 N–H and O–H groups in total. The Morgan fingerprint density at radius 3 is 2.45 bits per heavy atom. The summed E-state index contributed by atoms with van der Waals surface area (Å²) >= 11 is 0. The average Bonchev–Trinajstić information content (AvgIpc) is 2.48.